The zero-order valence-corrected chi connectivity index (χ0v) is 21.8. The van der Waals surface area contributed by atoms with E-state index in [0.717, 1.165) is 49.9 Å². The Morgan fingerprint density at radius 1 is 0.946 bits per heavy atom. The van der Waals surface area contributed by atoms with Crippen LogP contribution in [-0.4, -0.2) is 54.4 Å². The third kappa shape index (κ3) is 4.59. The van der Waals surface area contributed by atoms with Crippen LogP contribution in [0.3, 0.4) is 0 Å². The third-order valence-corrected chi connectivity index (χ3v) is 7.21. The van der Waals surface area contributed by atoms with Crippen molar-refractivity contribution in [3.05, 3.63) is 72.0 Å². The molecular weight excluding hydrogens is 464 g/mol. The molecule has 1 aliphatic rings. The highest BCUT2D eigenvalue weighted by Crippen LogP contribution is 2.42. The van der Waals surface area contributed by atoms with Gasteiger partial charge in [0, 0.05) is 61.3 Å². The van der Waals surface area contributed by atoms with Gasteiger partial charge >= 0.3 is 0 Å². The van der Waals surface area contributed by atoms with Gasteiger partial charge in [-0.1, -0.05) is 42.5 Å². The predicted octanol–water partition coefficient (Wildman–Crippen LogP) is 6.05. The minimum atomic E-state index is -0.0534. The Hall–Kier alpha value is -4.06. The molecule has 0 spiro atoms. The van der Waals surface area contributed by atoms with Crippen molar-refractivity contribution in [2.24, 2.45) is 0 Å². The first kappa shape index (κ1) is 24.6. The number of allylic oxidation sites excluding steroid dienone is 1. The molecule has 2 amide bonds. The minimum Gasteiger partial charge on any atom is -0.493 e. The van der Waals surface area contributed by atoms with Crippen LogP contribution in [0.2, 0.25) is 0 Å². The predicted molar refractivity (Wildman–Crippen MR) is 148 cm³/mol. The first-order chi connectivity index (χ1) is 17.9. The average molecular weight is 497 g/mol. The second kappa shape index (κ2) is 10.1. The summed E-state index contributed by atoms with van der Waals surface area (Å²) in [6, 6.07) is 16.7. The molecule has 190 valence electrons. The van der Waals surface area contributed by atoms with Crippen LogP contribution < -0.4 is 4.74 Å². The van der Waals surface area contributed by atoms with Gasteiger partial charge in [0.1, 0.15) is 11.3 Å². The largest absolute Gasteiger partial charge is 0.493 e. The van der Waals surface area contributed by atoms with E-state index >= 15 is 0 Å². The van der Waals surface area contributed by atoms with Gasteiger partial charge in [0.25, 0.3) is 0 Å². The monoisotopic (exact) mass is 496 g/mol. The van der Waals surface area contributed by atoms with Crippen LogP contribution in [0.25, 0.3) is 38.4 Å². The molecular formula is C31H32N2O4. The molecule has 0 saturated carbocycles. The number of ether oxygens (including phenoxy) is 1. The first-order valence-corrected chi connectivity index (χ1v) is 12.8. The summed E-state index contributed by atoms with van der Waals surface area (Å²) in [6.07, 6.45) is 3.50. The van der Waals surface area contributed by atoms with Gasteiger partial charge in [0.05, 0.1) is 12.9 Å². The van der Waals surface area contributed by atoms with Crippen LogP contribution in [0.15, 0.2) is 65.3 Å². The summed E-state index contributed by atoms with van der Waals surface area (Å²) >= 11 is 0. The molecule has 0 unspecified atom stereocenters. The van der Waals surface area contributed by atoms with Gasteiger partial charge in [-0.25, -0.2) is 0 Å². The lowest BCUT2D eigenvalue weighted by atomic mass is 9.94. The van der Waals surface area contributed by atoms with Crippen LogP contribution >= 0.6 is 0 Å². The van der Waals surface area contributed by atoms with Crippen molar-refractivity contribution < 1.29 is 18.7 Å². The number of furan rings is 1. The van der Waals surface area contributed by atoms with E-state index < -0.39 is 0 Å². The highest BCUT2D eigenvalue weighted by atomic mass is 16.5. The van der Waals surface area contributed by atoms with Crippen molar-refractivity contribution in [1.82, 2.24) is 9.80 Å². The fourth-order valence-electron chi connectivity index (χ4n) is 5.20. The second-order valence-electron chi connectivity index (χ2n) is 9.52. The number of piperazine rings is 1. The number of amides is 2. The van der Waals surface area contributed by atoms with Gasteiger partial charge in [-0.2, -0.15) is 0 Å². The van der Waals surface area contributed by atoms with Crippen LogP contribution in [0.1, 0.15) is 31.9 Å². The Bertz CT molecular complexity index is 1520. The molecule has 2 heterocycles. The Labute approximate surface area is 217 Å². The normalized spacial score (nSPS) is 14.4. The van der Waals surface area contributed by atoms with Crippen molar-refractivity contribution in [3.8, 4) is 16.9 Å². The summed E-state index contributed by atoms with van der Waals surface area (Å²) in [5.41, 5.74) is 5.53. The molecule has 5 rings (SSSR count). The van der Waals surface area contributed by atoms with E-state index in [4.69, 9.17) is 9.15 Å². The Balaban J connectivity index is 1.57. The van der Waals surface area contributed by atoms with Crippen LogP contribution in [0.5, 0.6) is 5.75 Å². The highest BCUT2D eigenvalue weighted by molar-refractivity contribution is 6.07. The summed E-state index contributed by atoms with van der Waals surface area (Å²) in [4.78, 5) is 28.4. The van der Waals surface area contributed by atoms with Crippen LogP contribution in [0.4, 0.5) is 0 Å². The van der Waals surface area contributed by atoms with Crippen molar-refractivity contribution >= 4 is 39.1 Å². The van der Waals surface area contributed by atoms with Gasteiger partial charge in [0.15, 0.2) is 0 Å². The first-order valence-electron chi connectivity index (χ1n) is 12.8. The standard InChI is InChI=1S/C31H32N2O4/c1-5-36-30-21(3)31-27(28(19-37-31)25-12-8-10-23-9-6-7-11-24(23)25)18-26(30)20(2)17-29(35)33-15-13-32(14-16-33)22(4)34/h6-12,17-19H,5,13-16H2,1-4H3/b20-17+. The summed E-state index contributed by atoms with van der Waals surface area (Å²) in [6.45, 7) is 10.2. The van der Waals surface area contributed by atoms with Crippen molar-refractivity contribution in [3.63, 3.8) is 0 Å². The van der Waals surface area contributed by atoms with E-state index in [1.165, 1.54) is 5.39 Å². The second-order valence-corrected chi connectivity index (χ2v) is 9.52. The number of fused-ring (bicyclic) bond motifs is 2. The van der Waals surface area contributed by atoms with Gasteiger partial charge in [-0.15, -0.1) is 0 Å². The van der Waals surface area contributed by atoms with E-state index in [1.807, 2.05) is 39.2 Å². The molecule has 0 aliphatic carbocycles. The summed E-state index contributed by atoms with van der Waals surface area (Å²) in [7, 11) is 0. The molecule has 1 fully saturated rings. The number of hydrogen-bond acceptors (Lipinski definition) is 4. The maximum Gasteiger partial charge on any atom is 0.246 e. The topological polar surface area (TPSA) is 63.0 Å². The molecule has 1 aromatic heterocycles. The zero-order chi connectivity index (χ0) is 26.1. The zero-order valence-electron chi connectivity index (χ0n) is 21.8. The molecule has 6 heteroatoms. The molecule has 1 saturated heterocycles. The summed E-state index contributed by atoms with van der Waals surface area (Å²) in [5, 5.41) is 3.32. The summed E-state index contributed by atoms with van der Waals surface area (Å²) < 4.78 is 12.2. The number of nitrogens with zero attached hydrogens (tertiary/aromatic N) is 2. The Morgan fingerprint density at radius 2 is 1.65 bits per heavy atom. The number of carbonyl (C=O) groups is 2. The third-order valence-electron chi connectivity index (χ3n) is 7.21. The Kier molecular flexibility index (Phi) is 6.74. The summed E-state index contributed by atoms with van der Waals surface area (Å²) in [5.74, 6) is 0.727. The molecule has 0 atom stereocenters. The smallest absolute Gasteiger partial charge is 0.246 e. The SMILES string of the molecule is CCOc1c(/C(C)=C/C(=O)N2CCN(C(C)=O)CC2)cc2c(-c3cccc4ccccc34)coc2c1C. The Morgan fingerprint density at radius 3 is 2.38 bits per heavy atom. The quantitative estimate of drug-likeness (QED) is 0.315. The van der Waals surface area contributed by atoms with E-state index in [-0.39, 0.29) is 11.8 Å². The minimum absolute atomic E-state index is 0.0473. The molecule has 4 aromatic rings. The van der Waals surface area contributed by atoms with Gasteiger partial charge in [-0.3, -0.25) is 9.59 Å². The van der Waals surface area contributed by atoms with Gasteiger partial charge < -0.3 is 19.0 Å². The maximum atomic E-state index is 13.1. The van der Waals surface area contributed by atoms with Crippen LogP contribution in [0, 0.1) is 6.92 Å². The molecule has 1 aliphatic heterocycles. The van der Waals surface area contributed by atoms with E-state index in [1.54, 1.807) is 22.8 Å². The molecule has 3 aromatic carbocycles. The van der Waals surface area contributed by atoms with Crippen molar-refractivity contribution in [1.29, 1.82) is 0 Å². The molecule has 6 nitrogen and oxygen atoms in total. The van der Waals surface area contributed by atoms with Crippen molar-refractivity contribution in [2.45, 2.75) is 27.7 Å². The number of aryl methyl sites for hydroxylation is 1. The number of benzene rings is 3. The lowest BCUT2D eigenvalue weighted by Gasteiger charge is -2.33. The number of hydrogen-bond donors (Lipinski definition) is 0. The number of carbonyl (C=O) groups excluding carboxylic acids is 2. The van der Waals surface area contributed by atoms with Crippen LogP contribution in [-0.2, 0) is 9.59 Å². The van der Waals surface area contributed by atoms with E-state index in [0.29, 0.717) is 32.8 Å². The van der Waals surface area contributed by atoms with Gasteiger partial charge in [0.2, 0.25) is 11.8 Å². The molecule has 0 N–H and O–H groups in total. The number of rotatable bonds is 5. The lowest BCUT2D eigenvalue weighted by Crippen LogP contribution is -2.49. The maximum absolute atomic E-state index is 13.1. The van der Waals surface area contributed by atoms with E-state index in [2.05, 4.69) is 36.4 Å². The fraction of sp³-hybridized carbons (Fsp3) is 0.290. The highest BCUT2D eigenvalue weighted by Gasteiger charge is 2.23. The average Bonchev–Trinajstić information content (AvgIpc) is 3.34. The lowest BCUT2D eigenvalue weighted by molar-refractivity contribution is -0.135. The fourth-order valence-corrected chi connectivity index (χ4v) is 5.20. The van der Waals surface area contributed by atoms with E-state index in [9.17, 15) is 9.59 Å². The molecule has 37 heavy (non-hydrogen) atoms. The van der Waals surface area contributed by atoms with Crippen molar-refractivity contribution in [2.75, 3.05) is 32.8 Å². The molecule has 0 bridgehead atoms. The molecule has 0 radical (unpaired) electrons. The van der Waals surface area contributed by atoms with Gasteiger partial charge in [-0.05, 0) is 48.7 Å².